The van der Waals surface area contributed by atoms with Gasteiger partial charge >= 0.3 is 6.18 Å². The number of thiazole rings is 1. The van der Waals surface area contributed by atoms with E-state index in [0.29, 0.717) is 5.69 Å². The van der Waals surface area contributed by atoms with E-state index in [9.17, 15) is 13.2 Å². The van der Waals surface area contributed by atoms with Crippen LogP contribution in [0.4, 0.5) is 18.9 Å². The fraction of sp³-hybridized carbons (Fsp3) is 0.0833. The molecule has 21 heavy (non-hydrogen) atoms. The molecule has 0 aliphatic rings. The molecule has 0 fully saturated rings. The maximum absolute atomic E-state index is 12.8. The van der Waals surface area contributed by atoms with Crippen LogP contribution in [-0.2, 0) is 6.18 Å². The number of aromatic nitrogens is 3. The maximum atomic E-state index is 12.8. The first-order valence-electron chi connectivity index (χ1n) is 5.64. The van der Waals surface area contributed by atoms with Crippen molar-refractivity contribution in [2.75, 3.05) is 5.73 Å². The van der Waals surface area contributed by atoms with Gasteiger partial charge in [0.2, 0.25) is 5.82 Å². The Balaban J connectivity index is 2.03. The van der Waals surface area contributed by atoms with E-state index >= 15 is 0 Å². The van der Waals surface area contributed by atoms with Gasteiger partial charge in [0.25, 0.3) is 5.89 Å². The zero-order valence-corrected chi connectivity index (χ0v) is 11.1. The third kappa shape index (κ3) is 2.72. The molecule has 3 aromatic rings. The summed E-state index contributed by atoms with van der Waals surface area (Å²) < 4.78 is 43.3. The number of hydrogen-bond donors (Lipinski definition) is 1. The minimum Gasteiger partial charge on any atom is -0.399 e. The third-order valence-corrected chi connectivity index (χ3v) is 3.20. The van der Waals surface area contributed by atoms with Crippen LogP contribution < -0.4 is 5.73 Å². The van der Waals surface area contributed by atoms with Crippen LogP contribution in [0.25, 0.3) is 23.0 Å². The average molecular weight is 312 g/mol. The molecule has 5 nitrogen and oxygen atoms in total. The van der Waals surface area contributed by atoms with Crippen molar-refractivity contribution >= 4 is 17.0 Å². The second-order valence-corrected chi connectivity index (χ2v) is 4.86. The number of nitrogen functional groups attached to an aromatic ring is 1. The second-order valence-electron chi connectivity index (χ2n) is 4.14. The first kappa shape index (κ1) is 13.6. The molecule has 2 aromatic heterocycles. The van der Waals surface area contributed by atoms with E-state index in [1.54, 1.807) is 10.9 Å². The van der Waals surface area contributed by atoms with Crippen molar-refractivity contribution in [2.45, 2.75) is 6.18 Å². The predicted molar refractivity (Wildman–Crippen MR) is 70.3 cm³/mol. The minimum atomic E-state index is -4.50. The quantitative estimate of drug-likeness (QED) is 0.733. The number of hydrogen-bond acceptors (Lipinski definition) is 6. The molecule has 2 heterocycles. The fourth-order valence-corrected chi connectivity index (χ4v) is 2.24. The molecular weight excluding hydrogens is 305 g/mol. The summed E-state index contributed by atoms with van der Waals surface area (Å²) in [4.78, 5) is 8.03. The molecule has 0 aliphatic carbocycles. The summed E-state index contributed by atoms with van der Waals surface area (Å²) in [7, 11) is 0. The lowest BCUT2D eigenvalue weighted by Crippen LogP contribution is -2.06. The van der Waals surface area contributed by atoms with Crippen LogP contribution in [0.5, 0.6) is 0 Å². The van der Waals surface area contributed by atoms with Crippen LogP contribution >= 0.6 is 11.3 Å². The Morgan fingerprint density at radius 1 is 1.19 bits per heavy atom. The monoisotopic (exact) mass is 312 g/mol. The highest BCUT2D eigenvalue weighted by Gasteiger charge is 2.31. The molecule has 3 rings (SSSR count). The molecule has 9 heteroatoms. The van der Waals surface area contributed by atoms with Gasteiger partial charge in [0, 0.05) is 16.6 Å². The lowest BCUT2D eigenvalue weighted by atomic mass is 10.1. The normalized spacial score (nSPS) is 11.8. The predicted octanol–water partition coefficient (Wildman–Crippen LogP) is 3.46. The highest BCUT2D eigenvalue weighted by Crippen LogP contribution is 2.34. The van der Waals surface area contributed by atoms with Gasteiger partial charge in [0.05, 0.1) is 11.1 Å². The largest absolute Gasteiger partial charge is 0.416 e. The van der Waals surface area contributed by atoms with Gasteiger partial charge in [-0.3, -0.25) is 0 Å². The number of rotatable bonds is 2. The Kier molecular flexibility index (Phi) is 3.13. The van der Waals surface area contributed by atoms with Crippen molar-refractivity contribution in [3.05, 3.63) is 34.7 Å². The van der Waals surface area contributed by atoms with Gasteiger partial charge in [0.15, 0.2) is 0 Å². The molecule has 0 amide bonds. The highest BCUT2D eigenvalue weighted by molar-refractivity contribution is 7.07. The molecular formula is C12H7F3N4OS. The van der Waals surface area contributed by atoms with Crippen molar-refractivity contribution in [3.63, 3.8) is 0 Å². The molecule has 108 valence electrons. The number of alkyl halides is 3. The van der Waals surface area contributed by atoms with Crippen LogP contribution in [0, 0.1) is 0 Å². The van der Waals surface area contributed by atoms with Crippen molar-refractivity contribution in [2.24, 2.45) is 0 Å². The molecule has 1 aromatic carbocycles. The van der Waals surface area contributed by atoms with Crippen LogP contribution in [0.1, 0.15) is 5.56 Å². The van der Waals surface area contributed by atoms with Crippen molar-refractivity contribution in [1.82, 2.24) is 15.1 Å². The first-order chi connectivity index (χ1) is 9.93. The van der Waals surface area contributed by atoms with E-state index in [4.69, 9.17) is 10.3 Å². The van der Waals surface area contributed by atoms with E-state index in [1.165, 1.54) is 17.4 Å². The van der Waals surface area contributed by atoms with Crippen LogP contribution in [-0.4, -0.2) is 15.1 Å². The smallest absolute Gasteiger partial charge is 0.399 e. The molecule has 0 unspecified atom stereocenters. The minimum absolute atomic E-state index is 0.0340. The molecule has 0 bridgehead atoms. The first-order valence-corrected chi connectivity index (χ1v) is 6.58. The van der Waals surface area contributed by atoms with E-state index in [1.807, 2.05) is 0 Å². The van der Waals surface area contributed by atoms with Crippen molar-refractivity contribution < 1.29 is 17.7 Å². The number of nitrogens with zero attached hydrogens (tertiary/aromatic N) is 3. The average Bonchev–Trinajstić information content (AvgIpc) is 3.08. The molecule has 0 saturated heterocycles. The topological polar surface area (TPSA) is 77.8 Å². The Morgan fingerprint density at radius 2 is 2.00 bits per heavy atom. The van der Waals surface area contributed by atoms with E-state index < -0.39 is 11.7 Å². The van der Waals surface area contributed by atoms with Crippen LogP contribution in [0.15, 0.2) is 33.6 Å². The van der Waals surface area contributed by atoms with E-state index in [-0.39, 0.29) is 23.0 Å². The summed E-state index contributed by atoms with van der Waals surface area (Å²) in [5.74, 6) is 0.165. The van der Waals surface area contributed by atoms with Gasteiger partial charge in [-0.05, 0) is 18.2 Å². The van der Waals surface area contributed by atoms with Gasteiger partial charge in [0.1, 0.15) is 5.69 Å². The van der Waals surface area contributed by atoms with Crippen molar-refractivity contribution in [1.29, 1.82) is 0 Å². The standard InChI is InChI=1S/C12H7F3N4OS/c13-12(14,15)7-1-6(2-8(16)3-7)11-18-10(19-20-11)9-4-21-5-17-9/h1-5H,16H2. The maximum Gasteiger partial charge on any atom is 0.416 e. The molecule has 0 saturated carbocycles. The van der Waals surface area contributed by atoms with Crippen LogP contribution in [0.2, 0.25) is 0 Å². The fourth-order valence-electron chi connectivity index (χ4n) is 1.71. The van der Waals surface area contributed by atoms with E-state index in [0.717, 1.165) is 12.1 Å². The summed E-state index contributed by atoms with van der Waals surface area (Å²) in [5, 5.41) is 5.40. The number of halogens is 3. The summed E-state index contributed by atoms with van der Waals surface area (Å²) in [6.45, 7) is 0. The van der Waals surface area contributed by atoms with Gasteiger partial charge in [-0.2, -0.15) is 18.2 Å². The molecule has 0 spiro atoms. The Bertz CT molecular complexity index is 767. The molecule has 0 aliphatic heterocycles. The highest BCUT2D eigenvalue weighted by atomic mass is 32.1. The number of benzene rings is 1. The van der Waals surface area contributed by atoms with Crippen LogP contribution in [0.3, 0.4) is 0 Å². The number of anilines is 1. The lowest BCUT2D eigenvalue weighted by Gasteiger charge is -2.08. The third-order valence-electron chi connectivity index (χ3n) is 2.62. The second kappa shape index (κ2) is 4.85. The number of nitrogens with two attached hydrogens (primary N) is 1. The zero-order valence-electron chi connectivity index (χ0n) is 10.3. The summed E-state index contributed by atoms with van der Waals surface area (Å²) in [6, 6.07) is 3.10. The Morgan fingerprint density at radius 3 is 2.67 bits per heavy atom. The van der Waals surface area contributed by atoms with Gasteiger partial charge < -0.3 is 10.3 Å². The molecule has 0 radical (unpaired) electrons. The molecule has 0 atom stereocenters. The van der Waals surface area contributed by atoms with E-state index in [2.05, 4.69) is 15.1 Å². The summed E-state index contributed by atoms with van der Waals surface area (Å²) >= 11 is 1.35. The summed E-state index contributed by atoms with van der Waals surface area (Å²) in [5.41, 5.74) is 6.78. The zero-order chi connectivity index (χ0) is 15.0. The van der Waals surface area contributed by atoms with Gasteiger partial charge in [-0.15, -0.1) is 11.3 Å². The molecule has 2 N–H and O–H groups in total. The Hall–Kier alpha value is -2.42. The van der Waals surface area contributed by atoms with Gasteiger partial charge in [-0.25, -0.2) is 4.98 Å². The van der Waals surface area contributed by atoms with Gasteiger partial charge in [-0.1, -0.05) is 5.16 Å². The lowest BCUT2D eigenvalue weighted by molar-refractivity contribution is -0.137. The van der Waals surface area contributed by atoms with Crippen molar-refractivity contribution in [3.8, 4) is 23.0 Å². The summed E-state index contributed by atoms with van der Waals surface area (Å²) in [6.07, 6.45) is -4.50. The SMILES string of the molecule is Nc1cc(-c2nc(-c3cscn3)no2)cc(C(F)(F)F)c1. The Labute approximate surface area is 120 Å².